The molecule has 1 saturated heterocycles. The summed E-state index contributed by atoms with van der Waals surface area (Å²) in [7, 11) is 0. The Morgan fingerprint density at radius 3 is 2.58 bits per heavy atom. The minimum absolute atomic E-state index is 0.0182. The van der Waals surface area contributed by atoms with Crippen molar-refractivity contribution < 1.29 is 14.7 Å². The van der Waals surface area contributed by atoms with Crippen LogP contribution in [0.5, 0.6) is 0 Å². The molecule has 2 rings (SSSR count). The topological polar surface area (TPSA) is 57.6 Å². The second-order valence-corrected chi connectivity index (χ2v) is 5.17. The minimum Gasteiger partial charge on any atom is -0.481 e. The number of carboxylic acid groups (broad SMARTS) is 1. The van der Waals surface area contributed by atoms with Crippen molar-refractivity contribution >= 4 is 11.9 Å². The van der Waals surface area contributed by atoms with Crippen molar-refractivity contribution in [2.24, 2.45) is 5.92 Å². The van der Waals surface area contributed by atoms with Gasteiger partial charge in [-0.3, -0.25) is 9.59 Å². The maximum atomic E-state index is 12.3. The highest BCUT2D eigenvalue weighted by Crippen LogP contribution is 2.22. The van der Waals surface area contributed by atoms with E-state index in [1.54, 1.807) is 4.90 Å². The van der Waals surface area contributed by atoms with Gasteiger partial charge in [-0.2, -0.15) is 0 Å². The highest BCUT2D eigenvalue weighted by atomic mass is 16.4. The minimum atomic E-state index is -0.801. The maximum absolute atomic E-state index is 12.3. The molecule has 0 aliphatic carbocycles. The van der Waals surface area contributed by atoms with Crippen LogP contribution in [0.25, 0.3) is 0 Å². The van der Waals surface area contributed by atoms with Gasteiger partial charge in [0.1, 0.15) is 0 Å². The van der Waals surface area contributed by atoms with E-state index in [9.17, 15) is 9.59 Å². The van der Waals surface area contributed by atoms with E-state index in [0.29, 0.717) is 19.4 Å². The Morgan fingerprint density at radius 1 is 1.26 bits per heavy atom. The molecule has 19 heavy (non-hydrogen) atoms. The first-order chi connectivity index (χ1) is 9.08. The van der Waals surface area contributed by atoms with E-state index < -0.39 is 11.9 Å². The summed E-state index contributed by atoms with van der Waals surface area (Å²) in [5, 5.41) is 9.08. The van der Waals surface area contributed by atoms with E-state index >= 15 is 0 Å². The third kappa shape index (κ3) is 3.34. The number of aliphatic carboxylic acids is 1. The molecule has 2 atom stereocenters. The largest absolute Gasteiger partial charge is 0.481 e. The van der Waals surface area contributed by atoms with Gasteiger partial charge in [-0.1, -0.05) is 30.3 Å². The summed E-state index contributed by atoms with van der Waals surface area (Å²) in [6, 6.07) is 9.69. The predicted octanol–water partition coefficient (Wildman–Crippen LogP) is 1.94. The van der Waals surface area contributed by atoms with E-state index in [4.69, 9.17) is 5.11 Å². The molecule has 0 saturated carbocycles. The van der Waals surface area contributed by atoms with Crippen LogP contribution in [0.1, 0.15) is 25.3 Å². The molecule has 1 aromatic carbocycles. The van der Waals surface area contributed by atoms with Crippen molar-refractivity contribution in [1.29, 1.82) is 0 Å². The number of nitrogens with zero attached hydrogens (tertiary/aromatic N) is 1. The van der Waals surface area contributed by atoms with Gasteiger partial charge in [0.15, 0.2) is 0 Å². The van der Waals surface area contributed by atoms with E-state index in [0.717, 1.165) is 12.0 Å². The van der Waals surface area contributed by atoms with Crippen molar-refractivity contribution in [1.82, 2.24) is 4.90 Å². The zero-order valence-electron chi connectivity index (χ0n) is 11.1. The molecule has 1 heterocycles. The van der Waals surface area contributed by atoms with Gasteiger partial charge in [0.2, 0.25) is 5.91 Å². The number of hydrogen-bond acceptors (Lipinski definition) is 2. The number of amides is 1. The Morgan fingerprint density at radius 2 is 1.95 bits per heavy atom. The van der Waals surface area contributed by atoms with Gasteiger partial charge in [-0.15, -0.1) is 0 Å². The fourth-order valence-corrected chi connectivity index (χ4v) is 2.53. The van der Waals surface area contributed by atoms with Crippen molar-refractivity contribution in [2.45, 2.75) is 32.2 Å². The molecule has 1 fully saturated rings. The first kappa shape index (κ1) is 13.6. The Labute approximate surface area is 113 Å². The molecule has 1 N–H and O–H groups in total. The van der Waals surface area contributed by atoms with Gasteiger partial charge in [0, 0.05) is 12.6 Å². The maximum Gasteiger partial charge on any atom is 0.308 e. The van der Waals surface area contributed by atoms with Crippen LogP contribution in [0.3, 0.4) is 0 Å². The number of piperidine rings is 1. The lowest BCUT2D eigenvalue weighted by molar-refractivity contribution is -0.146. The second-order valence-electron chi connectivity index (χ2n) is 5.17. The number of benzene rings is 1. The van der Waals surface area contributed by atoms with Gasteiger partial charge < -0.3 is 10.0 Å². The molecule has 0 radical (unpaired) electrons. The molecule has 4 heteroatoms. The Hall–Kier alpha value is -1.84. The third-order valence-electron chi connectivity index (χ3n) is 3.75. The molecular weight excluding hydrogens is 242 g/mol. The van der Waals surface area contributed by atoms with Crippen molar-refractivity contribution in [2.75, 3.05) is 6.54 Å². The van der Waals surface area contributed by atoms with Gasteiger partial charge in [0.05, 0.1) is 12.3 Å². The molecule has 1 aliphatic heterocycles. The number of carbonyl (C=O) groups excluding carboxylic acids is 1. The molecule has 1 amide bonds. The zero-order valence-corrected chi connectivity index (χ0v) is 11.1. The first-order valence-electron chi connectivity index (χ1n) is 6.64. The lowest BCUT2D eigenvalue weighted by Gasteiger charge is -2.36. The monoisotopic (exact) mass is 261 g/mol. The molecule has 1 aliphatic rings. The standard InChI is InChI=1S/C15H19NO3/c1-11-7-8-13(15(18)19)10-16(11)14(17)9-12-5-3-2-4-6-12/h2-6,11,13H,7-10H2,1H3,(H,18,19). The molecule has 4 nitrogen and oxygen atoms in total. The summed E-state index contributed by atoms with van der Waals surface area (Å²) in [6.07, 6.45) is 1.76. The summed E-state index contributed by atoms with van der Waals surface area (Å²) in [6.45, 7) is 2.32. The lowest BCUT2D eigenvalue weighted by atomic mass is 9.93. The Kier molecular flexibility index (Phi) is 4.20. The van der Waals surface area contributed by atoms with Crippen LogP contribution in [-0.2, 0) is 16.0 Å². The van der Waals surface area contributed by atoms with E-state index in [1.165, 1.54) is 0 Å². The molecule has 0 aromatic heterocycles. The van der Waals surface area contributed by atoms with Crippen LogP contribution in [0.4, 0.5) is 0 Å². The van der Waals surface area contributed by atoms with Crippen LogP contribution in [0.15, 0.2) is 30.3 Å². The number of rotatable bonds is 3. The predicted molar refractivity (Wildman–Crippen MR) is 71.7 cm³/mol. The zero-order chi connectivity index (χ0) is 13.8. The van der Waals surface area contributed by atoms with Crippen LogP contribution in [0.2, 0.25) is 0 Å². The number of hydrogen-bond donors (Lipinski definition) is 1. The highest BCUT2D eigenvalue weighted by Gasteiger charge is 2.32. The molecule has 0 spiro atoms. The van der Waals surface area contributed by atoms with Crippen molar-refractivity contribution in [3.05, 3.63) is 35.9 Å². The number of carboxylic acids is 1. The van der Waals surface area contributed by atoms with Gasteiger partial charge >= 0.3 is 5.97 Å². The molecule has 102 valence electrons. The Bertz CT molecular complexity index is 458. The van der Waals surface area contributed by atoms with E-state index in [2.05, 4.69) is 0 Å². The first-order valence-corrected chi connectivity index (χ1v) is 6.64. The van der Waals surface area contributed by atoms with E-state index in [-0.39, 0.29) is 11.9 Å². The van der Waals surface area contributed by atoms with Crippen molar-refractivity contribution in [3.8, 4) is 0 Å². The van der Waals surface area contributed by atoms with Crippen LogP contribution in [0, 0.1) is 5.92 Å². The smallest absolute Gasteiger partial charge is 0.308 e. The summed E-state index contributed by atoms with van der Waals surface area (Å²) in [5.41, 5.74) is 0.970. The average Bonchev–Trinajstić information content (AvgIpc) is 2.40. The molecule has 2 unspecified atom stereocenters. The van der Waals surface area contributed by atoms with E-state index in [1.807, 2.05) is 37.3 Å². The van der Waals surface area contributed by atoms with Gasteiger partial charge in [-0.25, -0.2) is 0 Å². The quantitative estimate of drug-likeness (QED) is 0.904. The second kappa shape index (κ2) is 5.87. The van der Waals surface area contributed by atoms with Crippen LogP contribution >= 0.6 is 0 Å². The molecular formula is C15H19NO3. The van der Waals surface area contributed by atoms with Crippen LogP contribution < -0.4 is 0 Å². The molecule has 0 bridgehead atoms. The number of likely N-dealkylation sites (tertiary alicyclic amines) is 1. The van der Waals surface area contributed by atoms with Crippen LogP contribution in [-0.4, -0.2) is 34.5 Å². The summed E-state index contributed by atoms with van der Waals surface area (Å²) >= 11 is 0. The fraction of sp³-hybridized carbons (Fsp3) is 0.467. The normalized spacial score (nSPS) is 23.1. The summed E-state index contributed by atoms with van der Waals surface area (Å²) in [4.78, 5) is 25.0. The fourth-order valence-electron chi connectivity index (χ4n) is 2.53. The lowest BCUT2D eigenvalue weighted by Crippen LogP contribution is -2.47. The van der Waals surface area contributed by atoms with Gasteiger partial charge in [-0.05, 0) is 25.3 Å². The van der Waals surface area contributed by atoms with Crippen molar-refractivity contribution in [3.63, 3.8) is 0 Å². The summed E-state index contributed by atoms with van der Waals surface area (Å²) < 4.78 is 0. The van der Waals surface area contributed by atoms with Gasteiger partial charge in [0.25, 0.3) is 0 Å². The SMILES string of the molecule is CC1CCC(C(=O)O)CN1C(=O)Cc1ccccc1. The average molecular weight is 261 g/mol. The number of carbonyl (C=O) groups is 2. The molecule has 1 aromatic rings. The summed E-state index contributed by atoms with van der Waals surface area (Å²) in [5.74, 6) is -1.20. The highest BCUT2D eigenvalue weighted by molar-refractivity contribution is 5.80. The Balaban J connectivity index is 2.02. The third-order valence-corrected chi connectivity index (χ3v) is 3.75.